The van der Waals surface area contributed by atoms with Crippen molar-refractivity contribution in [1.82, 2.24) is 15.1 Å². The summed E-state index contributed by atoms with van der Waals surface area (Å²) in [6.07, 6.45) is 0. The van der Waals surface area contributed by atoms with E-state index in [0.717, 1.165) is 16.0 Å². The Kier molecular flexibility index (Phi) is 5.02. The molecule has 0 spiro atoms. The summed E-state index contributed by atoms with van der Waals surface area (Å²) in [6.45, 7) is 2.16. The van der Waals surface area contributed by atoms with Gasteiger partial charge < -0.3 is 10.2 Å². The molecule has 0 aliphatic carbocycles. The normalized spacial score (nSPS) is 14.9. The van der Waals surface area contributed by atoms with Crippen LogP contribution in [-0.2, 0) is 11.3 Å². The number of amides is 4. The summed E-state index contributed by atoms with van der Waals surface area (Å²) in [5, 5.41) is 2.49. The number of hydrogen-bond donors (Lipinski definition) is 1. The number of hydrogen-bond acceptors (Lipinski definition) is 3. The first kappa shape index (κ1) is 17.7. The van der Waals surface area contributed by atoms with E-state index >= 15 is 0 Å². The van der Waals surface area contributed by atoms with Gasteiger partial charge in [-0.1, -0.05) is 42.5 Å². The molecule has 1 saturated heterocycles. The van der Waals surface area contributed by atoms with Crippen molar-refractivity contribution >= 4 is 17.8 Å². The average molecular weight is 351 g/mol. The van der Waals surface area contributed by atoms with Gasteiger partial charge in [-0.3, -0.25) is 14.5 Å². The van der Waals surface area contributed by atoms with E-state index in [1.807, 2.05) is 37.3 Å². The average Bonchev–Trinajstić information content (AvgIpc) is 2.99. The molecule has 0 radical (unpaired) electrons. The number of nitrogens with zero attached hydrogens (tertiary/aromatic N) is 2. The fourth-order valence-corrected chi connectivity index (χ4v) is 2.94. The maximum absolute atomic E-state index is 12.8. The number of carbonyl (C=O) groups is 3. The van der Waals surface area contributed by atoms with Crippen LogP contribution in [0.1, 0.15) is 34.5 Å². The predicted octanol–water partition coefficient (Wildman–Crippen LogP) is 2.57. The Bertz CT molecular complexity index is 819. The minimum absolute atomic E-state index is 0.0226. The van der Waals surface area contributed by atoms with Gasteiger partial charge in [0.1, 0.15) is 0 Å². The maximum Gasteiger partial charge on any atom is 0.324 e. The number of imide groups is 1. The zero-order valence-electron chi connectivity index (χ0n) is 14.8. The van der Waals surface area contributed by atoms with Gasteiger partial charge in [-0.05, 0) is 30.2 Å². The molecule has 0 saturated carbocycles. The second kappa shape index (κ2) is 7.39. The minimum Gasteiger partial charge on any atom is -0.335 e. The van der Waals surface area contributed by atoms with E-state index < -0.39 is 6.03 Å². The van der Waals surface area contributed by atoms with Crippen molar-refractivity contribution in [2.24, 2.45) is 0 Å². The van der Waals surface area contributed by atoms with Gasteiger partial charge in [0, 0.05) is 12.6 Å². The summed E-state index contributed by atoms with van der Waals surface area (Å²) in [5.74, 6) is -0.373. The lowest BCUT2D eigenvalue weighted by Gasteiger charge is -2.25. The Hall–Kier alpha value is -3.15. The molecule has 1 N–H and O–H groups in total. The van der Waals surface area contributed by atoms with Gasteiger partial charge in [0.05, 0.1) is 19.1 Å². The van der Waals surface area contributed by atoms with Crippen LogP contribution in [0.3, 0.4) is 0 Å². The lowest BCUT2D eigenvalue weighted by Crippen LogP contribution is -2.31. The van der Waals surface area contributed by atoms with E-state index in [0.29, 0.717) is 5.56 Å². The van der Waals surface area contributed by atoms with E-state index in [9.17, 15) is 14.4 Å². The maximum atomic E-state index is 12.8. The smallest absolute Gasteiger partial charge is 0.324 e. The third kappa shape index (κ3) is 3.59. The van der Waals surface area contributed by atoms with Crippen LogP contribution in [0.25, 0.3) is 0 Å². The van der Waals surface area contributed by atoms with Crippen molar-refractivity contribution in [1.29, 1.82) is 0 Å². The Morgan fingerprint density at radius 2 is 1.88 bits per heavy atom. The lowest BCUT2D eigenvalue weighted by molar-refractivity contribution is -0.125. The third-order valence-corrected chi connectivity index (χ3v) is 4.63. The summed E-state index contributed by atoms with van der Waals surface area (Å²) in [6, 6.07) is 16.4. The monoisotopic (exact) mass is 351 g/mol. The molecule has 6 nitrogen and oxygen atoms in total. The molecule has 3 rings (SSSR count). The largest absolute Gasteiger partial charge is 0.335 e. The van der Waals surface area contributed by atoms with Crippen LogP contribution in [0, 0.1) is 0 Å². The highest BCUT2D eigenvalue weighted by Gasteiger charge is 2.28. The van der Waals surface area contributed by atoms with Crippen molar-refractivity contribution in [3.63, 3.8) is 0 Å². The van der Waals surface area contributed by atoms with Crippen LogP contribution < -0.4 is 5.32 Å². The Morgan fingerprint density at radius 3 is 2.54 bits per heavy atom. The molecule has 134 valence electrons. The third-order valence-electron chi connectivity index (χ3n) is 4.63. The van der Waals surface area contributed by atoms with Crippen LogP contribution in [0.2, 0.25) is 0 Å². The zero-order chi connectivity index (χ0) is 18.7. The van der Waals surface area contributed by atoms with E-state index in [-0.39, 0.29) is 30.9 Å². The Balaban J connectivity index is 1.75. The van der Waals surface area contributed by atoms with Gasteiger partial charge in [0.2, 0.25) is 5.91 Å². The highest BCUT2D eigenvalue weighted by Crippen LogP contribution is 2.21. The summed E-state index contributed by atoms with van der Waals surface area (Å²) in [4.78, 5) is 39.1. The first-order valence-electron chi connectivity index (χ1n) is 8.46. The molecule has 4 amide bonds. The SMILES string of the molecule is C[C@@H](c1ccccc1)N(C)C(=O)c1cccc(CN2C(=O)CNC2=O)c1. The van der Waals surface area contributed by atoms with Crippen LogP contribution in [-0.4, -0.2) is 41.2 Å². The molecule has 2 aromatic rings. The molecule has 1 aliphatic rings. The molecule has 26 heavy (non-hydrogen) atoms. The van der Waals surface area contributed by atoms with Crippen molar-refractivity contribution in [2.45, 2.75) is 19.5 Å². The summed E-state index contributed by atoms with van der Waals surface area (Å²) in [7, 11) is 1.77. The molecule has 1 atom stereocenters. The molecule has 0 unspecified atom stereocenters. The number of benzene rings is 2. The summed E-state index contributed by atoms with van der Waals surface area (Å²) >= 11 is 0. The first-order valence-corrected chi connectivity index (χ1v) is 8.46. The lowest BCUT2D eigenvalue weighted by atomic mass is 10.1. The zero-order valence-corrected chi connectivity index (χ0v) is 14.8. The standard InChI is InChI=1S/C20H21N3O3/c1-14(16-8-4-3-5-9-16)22(2)19(25)17-10-6-7-15(11-17)13-23-18(24)12-21-20(23)26/h3-11,14H,12-13H2,1-2H3,(H,21,26)/t14-/m0/s1. The second-order valence-corrected chi connectivity index (χ2v) is 6.34. The van der Waals surface area contributed by atoms with E-state index in [1.165, 1.54) is 0 Å². The van der Waals surface area contributed by atoms with Crippen molar-refractivity contribution in [3.8, 4) is 0 Å². The van der Waals surface area contributed by atoms with Crippen LogP contribution >= 0.6 is 0 Å². The van der Waals surface area contributed by atoms with Crippen LogP contribution in [0.5, 0.6) is 0 Å². The Morgan fingerprint density at radius 1 is 1.15 bits per heavy atom. The summed E-state index contributed by atoms with van der Waals surface area (Å²) < 4.78 is 0. The molecule has 0 bridgehead atoms. The molecule has 1 aliphatic heterocycles. The van der Waals surface area contributed by atoms with Crippen LogP contribution in [0.4, 0.5) is 4.79 Å². The predicted molar refractivity (Wildman–Crippen MR) is 97.3 cm³/mol. The quantitative estimate of drug-likeness (QED) is 0.842. The van der Waals surface area contributed by atoms with Gasteiger partial charge >= 0.3 is 6.03 Å². The van der Waals surface area contributed by atoms with E-state index in [2.05, 4.69) is 5.32 Å². The molecule has 2 aromatic carbocycles. The summed E-state index contributed by atoms with van der Waals surface area (Å²) in [5.41, 5.74) is 2.32. The van der Waals surface area contributed by atoms with Crippen molar-refractivity contribution < 1.29 is 14.4 Å². The molecule has 1 fully saturated rings. The highest BCUT2D eigenvalue weighted by atomic mass is 16.2. The number of carbonyl (C=O) groups excluding carboxylic acids is 3. The fraction of sp³-hybridized carbons (Fsp3) is 0.250. The topological polar surface area (TPSA) is 69.7 Å². The second-order valence-electron chi connectivity index (χ2n) is 6.34. The number of rotatable bonds is 5. The molecule has 1 heterocycles. The highest BCUT2D eigenvalue weighted by molar-refractivity contribution is 6.02. The van der Waals surface area contributed by atoms with Crippen molar-refractivity contribution in [3.05, 3.63) is 71.3 Å². The van der Waals surface area contributed by atoms with Gasteiger partial charge in [-0.25, -0.2) is 4.79 Å². The molecule has 6 heteroatoms. The van der Waals surface area contributed by atoms with Gasteiger partial charge in [-0.15, -0.1) is 0 Å². The van der Waals surface area contributed by atoms with Crippen LogP contribution in [0.15, 0.2) is 54.6 Å². The molecule has 0 aromatic heterocycles. The fourth-order valence-electron chi connectivity index (χ4n) is 2.94. The number of nitrogens with one attached hydrogen (secondary N) is 1. The Labute approximate surface area is 152 Å². The van der Waals surface area contributed by atoms with Gasteiger partial charge in [-0.2, -0.15) is 0 Å². The molecular formula is C20H21N3O3. The first-order chi connectivity index (χ1) is 12.5. The number of urea groups is 1. The van der Waals surface area contributed by atoms with Crippen molar-refractivity contribution in [2.75, 3.05) is 13.6 Å². The minimum atomic E-state index is -0.401. The van der Waals surface area contributed by atoms with E-state index in [1.54, 1.807) is 36.2 Å². The van der Waals surface area contributed by atoms with Gasteiger partial charge in [0.15, 0.2) is 0 Å². The van der Waals surface area contributed by atoms with E-state index in [4.69, 9.17) is 0 Å². The molecular weight excluding hydrogens is 330 g/mol. The van der Waals surface area contributed by atoms with Gasteiger partial charge in [0.25, 0.3) is 5.91 Å².